The highest BCUT2D eigenvalue weighted by molar-refractivity contribution is 5.87. The number of esters is 1. The zero-order chi connectivity index (χ0) is 44.0. The minimum Gasteiger partial charge on any atom is -0.459 e. The lowest BCUT2D eigenvalue weighted by Gasteiger charge is -2.46. The second-order valence-electron chi connectivity index (χ2n) is 21.0. The normalized spacial score (nSPS) is 54.9. The number of hydrogen-bond donors (Lipinski definition) is 3. The molecule has 62 heavy (non-hydrogen) atoms. The molecule has 9 aliphatic rings. The van der Waals surface area contributed by atoms with Crippen LogP contribution in [0.1, 0.15) is 131 Å². The van der Waals surface area contributed by atoms with E-state index in [1.807, 2.05) is 26.0 Å². The second-order valence-corrected chi connectivity index (χ2v) is 21.0. The van der Waals surface area contributed by atoms with Gasteiger partial charge in [-0.15, -0.1) is 0 Å². The molecule has 3 N–H and O–H groups in total. The third-order valence-corrected chi connectivity index (χ3v) is 15.9. The first kappa shape index (κ1) is 45.0. The van der Waals surface area contributed by atoms with E-state index >= 15 is 0 Å². The lowest BCUT2D eigenvalue weighted by atomic mass is 9.87. The van der Waals surface area contributed by atoms with Crippen molar-refractivity contribution in [3.8, 4) is 0 Å². The second kappa shape index (κ2) is 16.3. The molecule has 0 aliphatic carbocycles. The van der Waals surface area contributed by atoms with Crippen molar-refractivity contribution in [1.82, 2.24) is 0 Å². The van der Waals surface area contributed by atoms with Gasteiger partial charge in [0.15, 0.2) is 23.6 Å². The molecule has 9 heterocycles. The van der Waals surface area contributed by atoms with Crippen molar-refractivity contribution < 1.29 is 72.3 Å². The first-order valence-corrected chi connectivity index (χ1v) is 23.3. The molecular formula is C47H68O15. The molecule has 2 spiro atoms. The van der Waals surface area contributed by atoms with E-state index < -0.39 is 107 Å². The zero-order valence-electron chi connectivity index (χ0n) is 37.2. The number of rotatable bonds is 2. The molecule has 0 aromatic heterocycles. The van der Waals surface area contributed by atoms with E-state index in [-0.39, 0.29) is 43.5 Å². The van der Waals surface area contributed by atoms with Crippen LogP contribution in [0.15, 0.2) is 23.8 Å². The van der Waals surface area contributed by atoms with Crippen LogP contribution in [-0.2, 0) is 57.0 Å². The first-order chi connectivity index (χ1) is 29.3. The van der Waals surface area contributed by atoms with Crippen molar-refractivity contribution >= 4 is 18.0 Å². The summed E-state index contributed by atoms with van der Waals surface area (Å²) in [6.45, 7) is 11.8. The maximum atomic E-state index is 14.1. The molecule has 0 amide bonds. The lowest BCUT2D eigenvalue weighted by molar-refractivity contribution is -0.354. The third-order valence-electron chi connectivity index (χ3n) is 15.9. The van der Waals surface area contributed by atoms with E-state index in [4.69, 9.17) is 42.6 Å². The van der Waals surface area contributed by atoms with Crippen LogP contribution in [0.4, 0.5) is 0 Å². The summed E-state index contributed by atoms with van der Waals surface area (Å²) in [7, 11) is 0. The molecule has 0 saturated carbocycles. The number of allylic oxidation sites excluding steroid dienone is 3. The topological polar surface area (TPSA) is 195 Å². The molecule has 0 radical (unpaired) electrons. The van der Waals surface area contributed by atoms with Crippen LogP contribution in [0.5, 0.6) is 0 Å². The van der Waals surface area contributed by atoms with Gasteiger partial charge in [-0.2, -0.15) is 0 Å². The predicted molar refractivity (Wildman–Crippen MR) is 218 cm³/mol. The van der Waals surface area contributed by atoms with Crippen LogP contribution >= 0.6 is 0 Å². The number of carbonyl (C=O) groups excluding carboxylic acids is 3. The quantitative estimate of drug-likeness (QED) is 0.260. The van der Waals surface area contributed by atoms with Gasteiger partial charge in [0, 0.05) is 38.5 Å². The van der Waals surface area contributed by atoms with E-state index in [0.29, 0.717) is 57.8 Å². The van der Waals surface area contributed by atoms with Crippen LogP contribution in [0.3, 0.4) is 0 Å². The van der Waals surface area contributed by atoms with Crippen LogP contribution < -0.4 is 0 Å². The number of carbonyl (C=O) groups is 3. The number of ketones is 1. The van der Waals surface area contributed by atoms with Crippen LogP contribution in [-0.4, -0.2) is 135 Å². The minimum absolute atomic E-state index is 0.0637. The van der Waals surface area contributed by atoms with Gasteiger partial charge >= 0.3 is 5.97 Å². The van der Waals surface area contributed by atoms with E-state index in [1.54, 1.807) is 13.8 Å². The Bertz CT molecular complexity index is 1800. The van der Waals surface area contributed by atoms with E-state index in [9.17, 15) is 29.7 Å². The molecule has 346 valence electrons. The number of hydrogen-bond acceptors (Lipinski definition) is 15. The van der Waals surface area contributed by atoms with Gasteiger partial charge in [-0.25, -0.2) is 0 Å². The Balaban J connectivity index is 1.01. The van der Waals surface area contributed by atoms with Crippen LogP contribution in [0, 0.1) is 17.8 Å². The standard InChI is InChI=1S/C47H68O15/c1-26-9-10-32-34(21-37(55-32)47(53)39(50)28(3)13-19-54-47)56-41(52)29(4)31-8-7-14-45(57-31)16-11-33(58-45)40(51)43(6)23-30(49)38(61-43)35-24-44(25-48)17-18-46(59-35,62-44)36-12-15-42(5,60-36)22-27(2)20-26/h9-10,20,25,27-29,31-40,50-51,53H,7-8,11-19,21-24H2,1-6H3/b10-9+,26-20+/t27-,28+,29+,31-,32+,33-,34+,35+,36+,37-,38-,39+,40-,42+,43+,44-,45+,46-,47+/m0/s1. The van der Waals surface area contributed by atoms with Crippen molar-refractivity contribution in [3.63, 3.8) is 0 Å². The summed E-state index contributed by atoms with van der Waals surface area (Å²) in [6.07, 6.45) is 4.86. The van der Waals surface area contributed by atoms with Crippen molar-refractivity contribution in [3.05, 3.63) is 23.8 Å². The lowest BCUT2D eigenvalue weighted by Crippen LogP contribution is -2.59. The van der Waals surface area contributed by atoms with Crippen molar-refractivity contribution in [2.75, 3.05) is 6.61 Å². The molecule has 0 unspecified atom stereocenters. The van der Waals surface area contributed by atoms with Gasteiger partial charge in [0.2, 0.25) is 5.79 Å². The molecule has 0 aromatic rings. The first-order valence-electron chi connectivity index (χ1n) is 23.3. The fraction of sp³-hybridized carbons (Fsp3) is 0.851. The summed E-state index contributed by atoms with van der Waals surface area (Å²) in [6, 6.07) is 0. The molecular weight excluding hydrogens is 805 g/mol. The summed E-state index contributed by atoms with van der Waals surface area (Å²) >= 11 is 0. The maximum Gasteiger partial charge on any atom is 0.311 e. The number of aliphatic hydroxyl groups excluding tert-OH is 2. The molecule has 0 aromatic carbocycles. The van der Waals surface area contributed by atoms with E-state index in [0.717, 1.165) is 24.7 Å². The zero-order valence-corrected chi connectivity index (χ0v) is 37.2. The summed E-state index contributed by atoms with van der Waals surface area (Å²) in [5.41, 5.74) is -2.03. The van der Waals surface area contributed by atoms with Crippen LogP contribution in [0.2, 0.25) is 0 Å². The monoisotopic (exact) mass is 872 g/mol. The Labute approximate surface area is 364 Å². The van der Waals surface area contributed by atoms with Gasteiger partial charge in [0.25, 0.3) is 0 Å². The summed E-state index contributed by atoms with van der Waals surface area (Å²) < 4.78 is 58.5. The molecule has 19 atom stereocenters. The number of aldehydes is 1. The van der Waals surface area contributed by atoms with Crippen LogP contribution in [0.25, 0.3) is 0 Å². The van der Waals surface area contributed by atoms with E-state index in [1.165, 1.54) is 0 Å². The average Bonchev–Trinajstić information content (AvgIpc) is 4.06. The highest BCUT2D eigenvalue weighted by Crippen LogP contribution is 2.55. The number of Topliss-reactive ketones (excluding diaryl/α,β-unsaturated/α-hetero) is 1. The molecule has 15 heteroatoms. The Hall–Kier alpha value is -2.15. The van der Waals surface area contributed by atoms with Crippen molar-refractivity contribution in [2.45, 2.75) is 227 Å². The molecule has 9 aliphatic heterocycles. The molecule has 8 saturated heterocycles. The molecule has 9 rings (SSSR count). The predicted octanol–water partition coefficient (Wildman–Crippen LogP) is 4.43. The van der Waals surface area contributed by atoms with Gasteiger partial charge in [-0.3, -0.25) is 9.59 Å². The van der Waals surface area contributed by atoms with Crippen molar-refractivity contribution in [2.24, 2.45) is 17.8 Å². The van der Waals surface area contributed by atoms with Gasteiger partial charge in [-0.05, 0) is 90.9 Å². The highest BCUT2D eigenvalue weighted by atomic mass is 16.8. The molecule has 8 fully saturated rings. The minimum atomic E-state index is -1.97. The van der Waals surface area contributed by atoms with Gasteiger partial charge in [0.05, 0.1) is 36.4 Å². The van der Waals surface area contributed by atoms with Gasteiger partial charge in [-0.1, -0.05) is 37.6 Å². The average molecular weight is 873 g/mol. The summed E-state index contributed by atoms with van der Waals surface area (Å²) in [4.78, 5) is 40.7. The van der Waals surface area contributed by atoms with Gasteiger partial charge in [0.1, 0.15) is 53.9 Å². The SMILES string of the molecule is CC1=C\[C@H](C)C[C@@]2(C)CC[C@@H](O2)[C@@]23CC[C@@](C=O)(C[C@@H](O2)[C@H]2O[C@](C)(CC2=O)[C@@H](O)[C@@H]2CC[C@@]4(CCC[C@H](O4)[C@@H](C)C(=O)O[C@@H]4C[C@@H]([C@@]5(O)OCC[C@@H](C)[C@H]5O)O[C@@H]4\C=C\1)O2)O3. The summed E-state index contributed by atoms with van der Waals surface area (Å²) in [5.74, 6) is -5.79. The van der Waals surface area contributed by atoms with E-state index in [2.05, 4.69) is 19.9 Å². The Morgan fingerprint density at radius 3 is 2.39 bits per heavy atom. The Kier molecular flexibility index (Phi) is 11.9. The number of aliphatic hydroxyl groups is 3. The Morgan fingerprint density at radius 1 is 0.806 bits per heavy atom. The molecule has 15 nitrogen and oxygen atoms in total. The van der Waals surface area contributed by atoms with Crippen molar-refractivity contribution in [1.29, 1.82) is 0 Å². The Morgan fingerprint density at radius 2 is 1.60 bits per heavy atom. The highest BCUT2D eigenvalue weighted by Gasteiger charge is 2.66. The fourth-order valence-electron chi connectivity index (χ4n) is 12.4. The number of ether oxygens (including phenoxy) is 9. The largest absolute Gasteiger partial charge is 0.459 e. The smallest absolute Gasteiger partial charge is 0.311 e. The summed E-state index contributed by atoms with van der Waals surface area (Å²) in [5, 5.41) is 34.8. The fourth-order valence-corrected chi connectivity index (χ4v) is 12.4. The third kappa shape index (κ3) is 8.00. The maximum absolute atomic E-state index is 14.1. The number of fused-ring (bicyclic) bond motifs is 10. The van der Waals surface area contributed by atoms with Gasteiger partial charge < -0.3 is 62.7 Å². The molecule has 10 bridgehead atoms.